The van der Waals surface area contributed by atoms with E-state index in [0.717, 1.165) is 17.0 Å². The predicted molar refractivity (Wildman–Crippen MR) is 115 cm³/mol. The third-order valence-corrected chi connectivity index (χ3v) is 5.52. The summed E-state index contributed by atoms with van der Waals surface area (Å²) in [6, 6.07) is 27.4. The van der Waals surface area contributed by atoms with Crippen LogP contribution in [-0.2, 0) is 11.4 Å². The van der Waals surface area contributed by atoms with Gasteiger partial charge in [0.05, 0.1) is 0 Å². The molecule has 2 nitrogen and oxygen atoms in total. The molecular weight excluding hydrogens is 342 g/mol. The molecule has 28 heavy (non-hydrogen) atoms. The molecule has 0 aliphatic heterocycles. The second-order valence-corrected chi connectivity index (χ2v) is 7.50. The monoisotopic (exact) mass is 368 g/mol. The van der Waals surface area contributed by atoms with E-state index >= 15 is 0 Å². The lowest BCUT2D eigenvalue weighted by molar-refractivity contribution is 0.132. The summed E-state index contributed by atoms with van der Waals surface area (Å²) in [5.74, 6) is 0.731. The minimum Gasteiger partial charge on any atom is -0.390 e. The molecule has 0 amide bonds. The first-order valence-electron chi connectivity index (χ1n) is 10.2. The van der Waals surface area contributed by atoms with Gasteiger partial charge in [0.25, 0.3) is 0 Å². The van der Waals surface area contributed by atoms with Gasteiger partial charge in [-0.3, -0.25) is 0 Å². The van der Waals surface area contributed by atoms with Crippen molar-refractivity contribution in [2.75, 3.05) is 0 Å². The topological polar surface area (TPSA) is 21.6 Å². The van der Waals surface area contributed by atoms with Gasteiger partial charge in [-0.25, -0.2) is 0 Å². The van der Waals surface area contributed by atoms with Crippen LogP contribution in [0.5, 0.6) is 0 Å². The Morgan fingerprint density at radius 1 is 0.750 bits per heavy atom. The number of rotatable bonds is 6. The molecule has 0 spiro atoms. The Morgan fingerprint density at radius 2 is 1.43 bits per heavy atom. The van der Waals surface area contributed by atoms with Gasteiger partial charge < -0.3 is 4.84 Å². The molecule has 1 radical (unpaired) electrons. The second-order valence-electron chi connectivity index (χ2n) is 7.50. The van der Waals surface area contributed by atoms with Crippen molar-refractivity contribution in [3.05, 3.63) is 95.6 Å². The zero-order valence-electron chi connectivity index (χ0n) is 16.2. The van der Waals surface area contributed by atoms with E-state index in [1.165, 1.54) is 48.8 Å². The van der Waals surface area contributed by atoms with E-state index < -0.39 is 0 Å². The van der Waals surface area contributed by atoms with Crippen LogP contribution in [0, 0.1) is 0 Å². The third-order valence-electron chi connectivity index (χ3n) is 5.52. The molecule has 1 aliphatic carbocycles. The van der Waals surface area contributed by atoms with E-state index in [2.05, 4.69) is 84.2 Å². The van der Waals surface area contributed by atoms with E-state index in [0.29, 0.717) is 6.61 Å². The van der Waals surface area contributed by atoms with Crippen LogP contribution in [0.2, 0.25) is 0 Å². The number of hydrogen-bond donors (Lipinski definition) is 0. The summed E-state index contributed by atoms with van der Waals surface area (Å²) < 4.78 is 0. The van der Waals surface area contributed by atoms with Gasteiger partial charge >= 0.3 is 0 Å². The Morgan fingerprint density at radius 3 is 2.14 bits per heavy atom. The Balaban J connectivity index is 1.28. The molecule has 0 saturated heterocycles. The summed E-state index contributed by atoms with van der Waals surface area (Å²) in [4.78, 5) is 5.43. The van der Waals surface area contributed by atoms with Crippen molar-refractivity contribution in [3.63, 3.8) is 0 Å². The van der Waals surface area contributed by atoms with Crippen molar-refractivity contribution < 1.29 is 4.84 Å². The molecule has 4 rings (SSSR count). The molecule has 0 N–H and O–H groups in total. The molecule has 1 fully saturated rings. The lowest BCUT2D eigenvalue weighted by Crippen LogP contribution is -2.04. The van der Waals surface area contributed by atoms with Crippen LogP contribution in [0.3, 0.4) is 0 Å². The van der Waals surface area contributed by atoms with Gasteiger partial charge in [0.2, 0.25) is 0 Å². The van der Waals surface area contributed by atoms with Gasteiger partial charge in [0.1, 0.15) is 12.8 Å². The molecule has 1 saturated carbocycles. The average molecular weight is 369 g/mol. The van der Waals surface area contributed by atoms with Crippen molar-refractivity contribution in [2.24, 2.45) is 5.16 Å². The van der Waals surface area contributed by atoms with Crippen LogP contribution in [0.1, 0.15) is 54.7 Å². The van der Waals surface area contributed by atoms with Crippen LogP contribution in [0.4, 0.5) is 0 Å². The SMILES string of the molecule is [C](=N/OCc1ccc(-c2ccccc2)cc1)/c1ccc(C2CCCCC2)cc1. The predicted octanol–water partition coefficient (Wildman–Crippen LogP) is 6.83. The Kier molecular flexibility index (Phi) is 6.18. The maximum Gasteiger partial charge on any atom is 0.142 e. The van der Waals surface area contributed by atoms with Crippen molar-refractivity contribution in [2.45, 2.75) is 44.6 Å². The molecule has 1 aliphatic rings. The highest BCUT2D eigenvalue weighted by Gasteiger charge is 2.14. The minimum atomic E-state index is 0.447. The van der Waals surface area contributed by atoms with Gasteiger partial charge in [-0.05, 0) is 41.0 Å². The van der Waals surface area contributed by atoms with Gasteiger partial charge in [-0.15, -0.1) is 0 Å². The zero-order valence-corrected chi connectivity index (χ0v) is 16.2. The maximum atomic E-state index is 5.43. The van der Waals surface area contributed by atoms with Gasteiger partial charge in [-0.2, -0.15) is 0 Å². The number of benzene rings is 3. The minimum absolute atomic E-state index is 0.447. The van der Waals surface area contributed by atoms with Crippen LogP contribution in [0.15, 0.2) is 84.0 Å². The fraction of sp³-hybridized carbons (Fsp3) is 0.269. The highest BCUT2D eigenvalue weighted by molar-refractivity contribution is 5.79. The summed E-state index contributed by atoms with van der Waals surface area (Å²) in [6.07, 6.45) is 9.74. The van der Waals surface area contributed by atoms with Gasteiger partial charge in [0.15, 0.2) is 0 Å². The van der Waals surface area contributed by atoms with Crippen LogP contribution in [-0.4, -0.2) is 6.21 Å². The van der Waals surface area contributed by atoms with E-state index in [1.807, 2.05) is 6.07 Å². The molecule has 0 unspecified atom stereocenters. The highest BCUT2D eigenvalue weighted by Crippen LogP contribution is 2.32. The quantitative estimate of drug-likeness (QED) is 0.345. The molecule has 2 heteroatoms. The molecule has 0 bridgehead atoms. The zero-order chi connectivity index (χ0) is 19.0. The second kappa shape index (κ2) is 9.36. The molecule has 141 valence electrons. The molecule has 3 aromatic carbocycles. The average Bonchev–Trinajstić information content (AvgIpc) is 2.79. The first-order valence-corrected chi connectivity index (χ1v) is 10.2. The summed E-state index contributed by atoms with van der Waals surface area (Å²) in [6.45, 7) is 0.447. The van der Waals surface area contributed by atoms with Gasteiger partial charge in [0, 0.05) is 5.56 Å². The Labute approximate surface area is 167 Å². The largest absolute Gasteiger partial charge is 0.390 e. The Bertz CT molecular complexity index is 876. The summed E-state index contributed by atoms with van der Waals surface area (Å²) in [7, 11) is 0. The maximum absolute atomic E-state index is 5.43. The lowest BCUT2D eigenvalue weighted by Gasteiger charge is -2.21. The third kappa shape index (κ3) is 4.89. The number of hydrogen-bond acceptors (Lipinski definition) is 2. The van der Waals surface area contributed by atoms with Crippen molar-refractivity contribution in [1.82, 2.24) is 0 Å². The first-order chi connectivity index (χ1) is 13.9. The van der Waals surface area contributed by atoms with Gasteiger partial charge in [-0.1, -0.05) is 103 Å². The van der Waals surface area contributed by atoms with E-state index in [4.69, 9.17) is 4.84 Å². The summed E-state index contributed by atoms with van der Waals surface area (Å²) >= 11 is 0. The standard InChI is InChI=1S/C26H26NO/c1-3-7-23(8-4-1)25-15-11-21(12-16-25)19-27-28-20-22-13-17-26(18-14-22)24-9-5-2-6-10-24/h2,5-6,9-18,23H,1,3-4,7-8,20H2. The van der Waals surface area contributed by atoms with Crippen molar-refractivity contribution in [3.8, 4) is 11.1 Å². The van der Waals surface area contributed by atoms with Crippen LogP contribution in [0.25, 0.3) is 11.1 Å². The van der Waals surface area contributed by atoms with E-state index in [1.54, 1.807) is 0 Å². The number of nitrogens with zero attached hydrogens (tertiary/aromatic N) is 1. The summed E-state index contributed by atoms with van der Waals surface area (Å²) in [5.41, 5.74) is 5.93. The highest BCUT2D eigenvalue weighted by atomic mass is 16.6. The fourth-order valence-electron chi connectivity index (χ4n) is 3.88. The normalized spacial score (nSPS) is 15.0. The first kappa shape index (κ1) is 18.5. The molecule has 3 aromatic rings. The molecular formula is C26H26NO. The lowest BCUT2D eigenvalue weighted by atomic mass is 9.84. The fourth-order valence-corrected chi connectivity index (χ4v) is 3.88. The smallest absolute Gasteiger partial charge is 0.142 e. The Hall–Kier alpha value is -2.87. The van der Waals surface area contributed by atoms with E-state index in [9.17, 15) is 0 Å². The molecule has 0 atom stereocenters. The van der Waals surface area contributed by atoms with Crippen molar-refractivity contribution in [1.29, 1.82) is 0 Å². The summed E-state index contributed by atoms with van der Waals surface area (Å²) in [5, 5.41) is 4.01. The molecule has 0 aromatic heterocycles. The van der Waals surface area contributed by atoms with Crippen LogP contribution < -0.4 is 0 Å². The molecule has 0 heterocycles. The van der Waals surface area contributed by atoms with Crippen molar-refractivity contribution >= 4 is 6.21 Å². The van der Waals surface area contributed by atoms with E-state index in [-0.39, 0.29) is 0 Å². The van der Waals surface area contributed by atoms with Crippen LogP contribution >= 0.6 is 0 Å².